The third kappa shape index (κ3) is 3.45. The number of rotatable bonds is 5. The molecule has 0 spiro atoms. The number of aliphatic hydroxyl groups is 1. The highest BCUT2D eigenvalue weighted by Gasteiger charge is 2.28. The van der Waals surface area contributed by atoms with Crippen molar-refractivity contribution in [3.05, 3.63) is 65.5 Å². The molecule has 0 aliphatic carbocycles. The molecule has 4 nitrogen and oxygen atoms in total. The van der Waals surface area contributed by atoms with Crippen LogP contribution in [0.1, 0.15) is 11.8 Å². The summed E-state index contributed by atoms with van der Waals surface area (Å²) in [4.78, 5) is 0.918. The van der Waals surface area contributed by atoms with Crippen LogP contribution < -0.4 is 4.72 Å². The van der Waals surface area contributed by atoms with Crippen LogP contribution in [0, 0.1) is 0 Å². The van der Waals surface area contributed by atoms with E-state index in [0.717, 1.165) is 15.0 Å². The van der Waals surface area contributed by atoms with Gasteiger partial charge in [-0.3, -0.25) is 0 Å². The number of fused-ring (bicyclic) bond motifs is 1. The molecule has 120 valence electrons. The van der Waals surface area contributed by atoms with Crippen LogP contribution in [-0.2, 0) is 15.6 Å². The van der Waals surface area contributed by atoms with Crippen molar-refractivity contribution < 1.29 is 13.5 Å². The lowest BCUT2D eigenvalue weighted by atomic mass is 10.1. The smallest absolute Gasteiger partial charge is 0.240 e. The van der Waals surface area contributed by atoms with E-state index in [1.165, 1.54) is 23.5 Å². The molecule has 0 aliphatic heterocycles. The molecule has 1 atom stereocenters. The number of nitrogens with one attached hydrogen (secondary N) is 1. The summed E-state index contributed by atoms with van der Waals surface area (Å²) in [5.74, 6) is 0. The molecular formula is C17H17NO3S2. The maximum Gasteiger partial charge on any atom is 0.240 e. The molecule has 0 fully saturated rings. The number of hydrogen-bond donors (Lipinski definition) is 2. The molecule has 2 N–H and O–H groups in total. The summed E-state index contributed by atoms with van der Waals surface area (Å²) in [6.07, 6.45) is 0. The molecule has 0 saturated carbocycles. The zero-order valence-corrected chi connectivity index (χ0v) is 14.2. The van der Waals surface area contributed by atoms with Crippen LogP contribution in [0.15, 0.2) is 65.6 Å². The minimum Gasteiger partial charge on any atom is -0.383 e. The fourth-order valence-electron chi connectivity index (χ4n) is 2.25. The van der Waals surface area contributed by atoms with Gasteiger partial charge in [0, 0.05) is 16.1 Å². The first kappa shape index (κ1) is 16.1. The van der Waals surface area contributed by atoms with Crippen molar-refractivity contribution in [3.8, 4) is 0 Å². The Bertz CT molecular complexity index is 882. The van der Waals surface area contributed by atoms with Crippen molar-refractivity contribution in [2.45, 2.75) is 17.4 Å². The van der Waals surface area contributed by atoms with E-state index in [0.29, 0.717) is 0 Å². The van der Waals surface area contributed by atoms with E-state index in [1.54, 1.807) is 25.1 Å². The maximum absolute atomic E-state index is 12.3. The molecule has 0 saturated heterocycles. The summed E-state index contributed by atoms with van der Waals surface area (Å²) in [7, 11) is -3.64. The third-order valence-electron chi connectivity index (χ3n) is 3.62. The average molecular weight is 347 g/mol. The minimum atomic E-state index is -3.64. The molecule has 0 aliphatic rings. The van der Waals surface area contributed by atoms with Crippen LogP contribution >= 0.6 is 11.3 Å². The van der Waals surface area contributed by atoms with E-state index in [-0.39, 0.29) is 11.4 Å². The number of thiophene rings is 1. The second-order valence-electron chi connectivity index (χ2n) is 5.56. The highest BCUT2D eigenvalue weighted by Crippen LogP contribution is 2.33. The number of hydrogen-bond acceptors (Lipinski definition) is 4. The Labute approximate surface area is 139 Å². The van der Waals surface area contributed by atoms with E-state index in [1.807, 2.05) is 30.3 Å². The molecule has 3 aromatic rings. The van der Waals surface area contributed by atoms with Crippen molar-refractivity contribution in [2.75, 3.05) is 6.54 Å². The van der Waals surface area contributed by atoms with E-state index < -0.39 is 15.6 Å². The molecule has 3 rings (SSSR count). The number of benzene rings is 2. The van der Waals surface area contributed by atoms with Crippen LogP contribution in [0.3, 0.4) is 0 Å². The summed E-state index contributed by atoms with van der Waals surface area (Å²) in [5.41, 5.74) is -1.27. The lowest BCUT2D eigenvalue weighted by Crippen LogP contribution is -2.38. The van der Waals surface area contributed by atoms with Crippen LogP contribution in [0.25, 0.3) is 10.1 Å². The van der Waals surface area contributed by atoms with E-state index in [9.17, 15) is 13.5 Å². The van der Waals surface area contributed by atoms with Crippen molar-refractivity contribution in [3.63, 3.8) is 0 Å². The van der Waals surface area contributed by atoms with Gasteiger partial charge in [-0.15, -0.1) is 11.3 Å². The van der Waals surface area contributed by atoms with Crippen molar-refractivity contribution in [2.24, 2.45) is 0 Å². The molecule has 1 heterocycles. The zero-order chi connectivity index (χ0) is 16.5. The lowest BCUT2D eigenvalue weighted by molar-refractivity contribution is 0.0666. The molecule has 1 aromatic heterocycles. The normalized spacial score (nSPS) is 14.7. The first-order valence-electron chi connectivity index (χ1n) is 7.15. The fourth-order valence-corrected chi connectivity index (χ4v) is 4.51. The highest BCUT2D eigenvalue weighted by molar-refractivity contribution is 7.89. The van der Waals surface area contributed by atoms with Gasteiger partial charge in [0.15, 0.2) is 0 Å². The van der Waals surface area contributed by atoms with Crippen molar-refractivity contribution in [1.82, 2.24) is 4.72 Å². The van der Waals surface area contributed by atoms with Crippen molar-refractivity contribution in [1.29, 1.82) is 0 Å². The first-order chi connectivity index (χ1) is 10.9. The van der Waals surface area contributed by atoms with Gasteiger partial charge in [-0.2, -0.15) is 0 Å². The molecule has 0 amide bonds. The minimum absolute atomic E-state index is 0.0863. The summed E-state index contributed by atoms with van der Waals surface area (Å²) in [5, 5.41) is 11.7. The van der Waals surface area contributed by atoms with E-state index >= 15 is 0 Å². The van der Waals surface area contributed by atoms with Gasteiger partial charge in [-0.25, -0.2) is 13.1 Å². The molecular weight excluding hydrogens is 330 g/mol. The van der Waals surface area contributed by atoms with Gasteiger partial charge in [0.2, 0.25) is 10.0 Å². The molecule has 2 aromatic carbocycles. The number of sulfonamides is 1. The Morgan fingerprint density at radius 1 is 1.09 bits per heavy atom. The second kappa shape index (κ2) is 6.05. The average Bonchev–Trinajstić information content (AvgIpc) is 2.99. The van der Waals surface area contributed by atoms with Gasteiger partial charge in [-0.05, 0) is 36.6 Å². The summed E-state index contributed by atoms with van der Waals surface area (Å²) in [6, 6.07) is 17.9. The Morgan fingerprint density at radius 2 is 1.74 bits per heavy atom. The molecule has 0 bridgehead atoms. The Balaban J connectivity index is 1.81. The van der Waals surface area contributed by atoms with Crippen molar-refractivity contribution >= 4 is 31.4 Å². The molecule has 6 heteroatoms. The van der Waals surface area contributed by atoms with Gasteiger partial charge in [0.1, 0.15) is 5.60 Å². The molecule has 0 unspecified atom stereocenters. The predicted molar refractivity (Wildman–Crippen MR) is 93.0 cm³/mol. The SMILES string of the molecule is C[C@@](O)(CNS(=O)(=O)c1ccccc1)c1cc2ccccc2s1. The van der Waals surface area contributed by atoms with Gasteiger partial charge >= 0.3 is 0 Å². The fraction of sp³-hybridized carbons (Fsp3) is 0.176. The summed E-state index contributed by atoms with van der Waals surface area (Å²) < 4.78 is 28.1. The van der Waals surface area contributed by atoms with Crippen LogP contribution in [-0.4, -0.2) is 20.1 Å². The zero-order valence-electron chi connectivity index (χ0n) is 12.6. The quantitative estimate of drug-likeness (QED) is 0.745. The standard InChI is InChI=1S/C17H17NO3S2/c1-17(19,16-11-13-7-5-6-10-15(13)22-16)12-18-23(20,21)14-8-3-2-4-9-14/h2-11,18-19H,12H2,1H3/t17-/m1/s1. The largest absolute Gasteiger partial charge is 0.383 e. The van der Waals surface area contributed by atoms with Gasteiger partial charge in [0.25, 0.3) is 0 Å². The summed E-state index contributed by atoms with van der Waals surface area (Å²) >= 11 is 1.47. The van der Waals surface area contributed by atoms with Gasteiger partial charge in [0.05, 0.1) is 4.90 Å². The third-order valence-corrected chi connectivity index (χ3v) is 6.40. The Hall–Kier alpha value is -1.73. The second-order valence-corrected chi connectivity index (χ2v) is 8.41. The van der Waals surface area contributed by atoms with Crippen LogP contribution in [0.5, 0.6) is 0 Å². The topological polar surface area (TPSA) is 66.4 Å². The summed E-state index contributed by atoms with van der Waals surface area (Å²) in [6.45, 7) is 1.53. The molecule has 0 radical (unpaired) electrons. The van der Waals surface area contributed by atoms with E-state index in [4.69, 9.17) is 0 Å². The van der Waals surface area contributed by atoms with E-state index in [2.05, 4.69) is 4.72 Å². The lowest BCUT2D eigenvalue weighted by Gasteiger charge is -2.22. The first-order valence-corrected chi connectivity index (χ1v) is 9.45. The monoisotopic (exact) mass is 347 g/mol. The Kier molecular flexibility index (Phi) is 4.25. The van der Waals surface area contributed by atoms with Crippen LogP contribution in [0.2, 0.25) is 0 Å². The predicted octanol–water partition coefficient (Wildman–Crippen LogP) is 3.09. The van der Waals surface area contributed by atoms with Gasteiger partial charge < -0.3 is 5.11 Å². The van der Waals surface area contributed by atoms with Gasteiger partial charge in [-0.1, -0.05) is 36.4 Å². The Morgan fingerprint density at radius 3 is 2.43 bits per heavy atom. The molecule has 23 heavy (non-hydrogen) atoms. The van der Waals surface area contributed by atoms with Crippen LogP contribution in [0.4, 0.5) is 0 Å². The highest BCUT2D eigenvalue weighted by atomic mass is 32.2. The maximum atomic E-state index is 12.3.